The van der Waals surface area contributed by atoms with Crippen molar-refractivity contribution >= 4 is 0 Å². The van der Waals surface area contributed by atoms with Gasteiger partial charge in [-0.3, -0.25) is 10.00 Å². The number of aliphatic hydroxyl groups excluding tert-OH is 1. The lowest BCUT2D eigenvalue weighted by Crippen LogP contribution is -2.20. The van der Waals surface area contributed by atoms with Crippen LogP contribution in [0, 0.1) is 11.3 Å². The van der Waals surface area contributed by atoms with Crippen molar-refractivity contribution in [2.24, 2.45) is 0 Å². The zero-order chi connectivity index (χ0) is 11.8. The Balaban J connectivity index is 2.60. The van der Waals surface area contributed by atoms with Gasteiger partial charge in [-0.15, -0.1) is 11.7 Å². The Hall–Kier alpha value is -1.71. The molecule has 6 nitrogen and oxygen atoms in total. The van der Waals surface area contributed by atoms with Gasteiger partial charge in [0.25, 0.3) is 0 Å². The molecular weight excluding hydrogens is 206 g/mol. The van der Waals surface area contributed by atoms with E-state index in [-0.39, 0.29) is 6.61 Å². The van der Waals surface area contributed by atoms with Gasteiger partial charge in [-0.25, -0.2) is 0 Å². The van der Waals surface area contributed by atoms with Crippen LogP contribution in [-0.2, 0) is 6.54 Å². The number of rotatable bonds is 7. The van der Waals surface area contributed by atoms with Crippen molar-refractivity contribution in [1.29, 1.82) is 5.26 Å². The summed E-state index contributed by atoms with van der Waals surface area (Å²) in [5.74, 6) is 0. The summed E-state index contributed by atoms with van der Waals surface area (Å²) in [6.07, 6.45) is 4.01. The summed E-state index contributed by atoms with van der Waals surface area (Å²) in [6, 6.07) is 1.63. The van der Waals surface area contributed by atoms with Crippen molar-refractivity contribution in [3.8, 4) is 6.07 Å². The van der Waals surface area contributed by atoms with Crippen LogP contribution in [-0.4, -0.2) is 33.3 Å². The Kier molecular flexibility index (Phi) is 5.19. The summed E-state index contributed by atoms with van der Waals surface area (Å²) in [6.45, 7) is 4.83. The van der Waals surface area contributed by atoms with Gasteiger partial charge in [0.1, 0.15) is 11.7 Å². The fraction of sp³-hybridized carbons (Fsp3) is 0.500. The Morgan fingerprint density at radius 1 is 1.75 bits per heavy atom. The monoisotopic (exact) mass is 221 g/mol. The van der Waals surface area contributed by atoms with Gasteiger partial charge in [-0.2, -0.15) is 5.26 Å². The summed E-state index contributed by atoms with van der Waals surface area (Å²) in [7, 11) is 0. The molecule has 0 radical (unpaired) electrons. The SMILES string of the molecule is C=CCNC(C#N)c1cn(CCCO)nn1. The number of nitrogens with zero attached hydrogens (tertiary/aromatic N) is 4. The number of hydrogen-bond acceptors (Lipinski definition) is 5. The zero-order valence-corrected chi connectivity index (χ0v) is 9.00. The molecule has 1 atom stereocenters. The highest BCUT2D eigenvalue weighted by atomic mass is 16.3. The van der Waals surface area contributed by atoms with Crippen LogP contribution in [0.3, 0.4) is 0 Å². The molecule has 0 aromatic carbocycles. The third kappa shape index (κ3) is 3.46. The van der Waals surface area contributed by atoms with Crippen molar-refractivity contribution in [3.05, 3.63) is 24.5 Å². The van der Waals surface area contributed by atoms with Gasteiger partial charge < -0.3 is 5.11 Å². The highest BCUT2D eigenvalue weighted by molar-refractivity contribution is 5.11. The molecular formula is C10H15N5O. The predicted molar refractivity (Wildman–Crippen MR) is 58.3 cm³/mol. The Morgan fingerprint density at radius 3 is 3.19 bits per heavy atom. The van der Waals surface area contributed by atoms with E-state index in [0.29, 0.717) is 25.2 Å². The first kappa shape index (κ1) is 12.4. The van der Waals surface area contributed by atoms with E-state index >= 15 is 0 Å². The zero-order valence-electron chi connectivity index (χ0n) is 9.00. The number of aliphatic hydroxyl groups is 1. The van der Waals surface area contributed by atoms with E-state index in [1.54, 1.807) is 17.0 Å². The molecule has 6 heteroatoms. The summed E-state index contributed by atoms with van der Waals surface area (Å²) in [5, 5.41) is 28.3. The Bertz CT molecular complexity index is 368. The molecule has 86 valence electrons. The summed E-state index contributed by atoms with van der Waals surface area (Å²) >= 11 is 0. The second kappa shape index (κ2) is 6.71. The van der Waals surface area contributed by atoms with Gasteiger partial charge in [0.2, 0.25) is 0 Å². The van der Waals surface area contributed by atoms with E-state index in [4.69, 9.17) is 10.4 Å². The minimum atomic E-state index is -0.471. The van der Waals surface area contributed by atoms with Gasteiger partial charge in [0, 0.05) is 19.7 Å². The predicted octanol–water partition coefficient (Wildman–Crippen LogP) is 0.000780. The fourth-order valence-corrected chi connectivity index (χ4v) is 1.21. The number of nitrogens with one attached hydrogen (secondary N) is 1. The molecule has 1 heterocycles. The molecule has 0 aliphatic rings. The number of hydrogen-bond donors (Lipinski definition) is 2. The number of aryl methyl sites for hydroxylation is 1. The average molecular weight is 221 g/mol. The summed E-state index contributed by atoms with van der Waals surface area (Å²) < 4.78 is 1.62. The van der Waals surface area contributed by atoms with E-state index in [1.807, 2.05) is 0 Å². The van der Waals surface area contributed by atoms with Crippen molar-refractivity contribution < 1.29 is 5.11 Å². The lowest BCUT2D eigenvalue weighted by Gasteiger charge is -2.04. The molecule has 0 aliphatic carbocycles. The van der Waals surface area contributed by atoms with Crippen LogP contribution in [0.25, 0.3) is 0 Å². The molecule has 0 aliphatic heterocycles. The first-order chi connectivity index (χ1) is 7.81. The van der Waals surface area contributed by atoms with Gasteiger partial charge >= 0.3 is 0 Å². The maximum Gasteiger partial charge on any atom is 0.142 e. The molecule has 1 rings (SSSR count). The van der Waals surface area contributed by atoms with Gasteiger partial charge in [-0.1, -0.05) is 11.3 Å². The van der Waals surface area contributed by atoms with Crippen LogP contribution in [0.15, 0.2) is 18.9 Å². The lowest BCUT2D eigenvalue weighted by molar-refractivity contribution is 0.276. The van der Waals surface area contributed by atoms with E-state index in [9.17, 15) is 0 Å². The largest absolute Gasteiger partial charge is 0.396 e. The van der Waals surface area contributed by atoms with Crippen LogP contribution < -0.4 is 5.32 Å². The third-order valence-corrected chi connectivity index (χ3v) is 1.99. The van der Waals surface area contributed by atoms with Crippen molar-refractivity contribution in [2.45, 2.75) is 19.0 Å². The van der Waals surface area contributed by atoms with Crippen LogP contribution in [0.4, 0.5) is 0 Å². The molecule has 0 saturated heterocycles. The lowest BCUT2D eigenvalue weighted by atomic mass is 10.2. The second-order valence-electron chi connectivity index (χ2n) is 3.24. The molecule has 0 spiro atoms. The van der Waals surface area contributed by atoms with Crippen molar-refractivity contribution in [1.82, 2.24) is 20.3 Å². The fourth-order valence-electron chi connectivity index (χ4n) is 1.21. The topological polar surface area (TPSA) is 86.8 Å². The standard InChI is InChI=1S/C10H15N5O/c1-2-4-12-9(7-11)10-8-15(14-13-10)5-3-6-16/h2,8-9,12,16H,1,3-6H2. The smallest absolute Gasteiger partial charge is 0.142 e. The Morgan fingerprint density at radius 2 is 2.56 bits per heavy atom. The molecule has 16 heavy (non-hydrogen) atoms. The van der Waals surface area contributed by atoms with Crippen LogP contribution in [0.2, 0.25) is 0 Å². The van der Waals surface area contributed by atoms with Crippen LogP contribution in [0.5, 0.6) is 0 Å². The molecule has 0 saturated carbocycles. The number of aromatic nitrogens is 3. The maximum atomic E-state index is 8.93. The first-order valence-electron chi connectivity index (χ1n) is 5.06. The van der Waals surface area contributed by atoms with Gasteiger partial charge in [-0.05, 0) is 6.42 Å². The average Bonchev–Trinajstić information content (AvgIpc) is 2.76. The number of nitriles is 1. The van der Waals surface area contributed by atoms with Crippen molar-refractivity contribution in [3.63, 3.8) is 0 Å². The highest BCUT2D eigenvalue weighted by Gasteiger charge is 2.12. The summed E-state index contributed by atoms with van der Waals surface area (Å²) in [4.78, 5) is 0. The third-order valence-electron chi connectivity index (χ3n) is 1.99. The van der Waals surface area contributed by atoms with E-state index < -0.39 is 6.04 Å². The van der Waals surface area contributed by atoms with E-state index in [0.717, 1.165) is 0 Å². The molecule has 0 amide bonds. The second-order valence-corrected chi connectivity index (χ2v) is 3.24. The minimum absolute atomic E-state index is 0.117. The minimum Gasteiger partial charge on any atom is -0.396 e. The first-order valence-corrected chi connectivity index (χ1v) is 5.06. The van der Waals surface area contributed by atoms with Crippen molar-refractivity contribution in [2.75, 3.05) is 13.2 Å². The summed E-state index contributed by atoms with van der Waals surface area (Å²) in [5.41, 5.74) is 0.585. The molecule has 2 N–H and O–H groups in total. The van der Waals surface area contributed by atoms with Crippen LogP contribution >= 0.6 is 0 Å². The molecule has 1 aromatic rings. The van der Waals surface area contributed by atoms with Gasteiger partial charge in [0.15, 0.2) is 0 Å². The van der Waals surface area contributed by atoms with E-state index in [2.05, 4.69) is 28.3 Å². The molecule has 1 aromatic heterocycles. The van der Waals surface area contributed by atoms with E-state index in [1.165, 1.54) is 0 Å². The van der Waals surface area contributed by atoms with Gasteiger partial charge in [0.05, 0.1) is 12.3 Å². The van der Waals surface area contributed by atoms with Crippen LogP contribution in [0.1, 0.15) is 18.2 Å². The molecule has 0 fully saturated rings. The quantitative estimate of drug-likeness (QED) is 0.633. The highest BCUT2D eigenvalue weighted by Crippen LogP contribution is 2.07. The molecule has 0 bridgehead atoms. The maximum absolute atomic E-state index is 8.93. The normalized spacial score (nSPS) is 12.0. The Labute approximate surface area is 94.2 Å². The molecule has 1 unspecified atom stereocenters.